The van der Waals surface area contributed by atoms with Crippen LogP contribution in [0.4, 0.5) is 5.95 Å². The number of hydrogen-bond donors (Lipinski definition) is 0. The van der Waals surface area contributed by atoms with Crippen LogP contribution in [0, 0.1) is 0 Å². The van der Waals surface area contributed by atoms with E-state index < -0.39 is 0 Å². The number of hydrogen-bond acceptors (Lipinski definition) is 2. The van der Waals surface area contributed by atoms with Crippen molar-refractivity contribution in [3.63, 3.8) is 0 Å². The maximum Gasteiger partial charge on any atom is 0.204 e. The predicted octanol–water partition coefficient (Wildman–Crippen LogP) is 1.43. The number of imidazole rings is 1. The Kier molecular flexibility index (Phi) is 2.91. The smallest absolute Gasteiger partial charge is 0.204 e. The van der Waals surface area contributed by atoms with Gasteiger partial charge in [-0.05, 0) is 6.42 Å². The van der Waals surface area contributed by atoms with E-state index in [0.29, 0.717) is 0 Å². The summed E-state index contributed by atoms with van der Waals surface area (Å²) in [4.78, 5) is 6.34. The van der Waals surface area contributed by atoms with Crippen molar-refractivity contribution in [3.8, 4) is 0 Å². The average molecular weight is 165 g/mol. The van der Waals surface area contributed by atoms with Gasteiger partial charge in [0.2, 0.25) is 5.95 Å². The van der Waals surface area contributed by atoms with Gasteiger partial charge in [0.1, 0.15) is 0 Å². The molecule has 0 fully saturated rings. The minimum absolute atomic E-state index is 0.967. The molecule has 0 saturated heterocycles. The summed E-state index contributed by atoms with van der Waals surface area (Å²) in [5, 5.41) is 0. The minimum atomic E-state index is 0.967. The lowest BCUT2D eigenvalue weighted by atomic mass is 10.4. The zero-order valence-corrected chi connectivity index (χ0v) is 7.70. The van der Waals surface area contributed by atoms with E-state index >= 15 is 0 Å². The number of anilines is 1. The molecular weight excluding hydrogens is 150 g/mol. The van der Waals surface area contributed by atoms with Crippen molar-refractivity contribution in [1.29, 1.82) is 0 Å². The van der Waals surface area contributed by atoms with Crippen molar-refractivity contribution in [2.24, 2.45) is 7.05 Å². The summed E-state index contributed by atoms with van der Waals surface area (Å²) in [7, 11) is 4.03. The monoisotopic (exact) mass is 165 g/mol. The highest BCUT2D eigenvalue weighted by molar-refractivity contribution is 5.29. The Morgan fingerprint density at radius 1 is 1.75 bits per heavy atom. The molecular formula is C9H15N3. The first-order valence-electron chi connectivity index (χ1n) is 4.05. The van der Waals surface area contributed by atoms with Crippen LogP contribution in [0.5, 0.6) is 0 Å². The van der Waals surface area contributed by atoms with Crippen LogP contribution >= 0.6 is 0 Å². The van der Waals surface area contributed by atoms with E-state index in [4.69, 9.17) is 0 Å². The maximum absolute atomic E-state index is 4.22. The molecule has 66 valence electrons. The summed E-state index contributed by atoms with van der Waals surface area (Å²) < 4.78 is 2.00. The van der Waals surface area contributed by atoms with E-state index in [1.807, 2.05) is 30.9 Å². The van der Waals surface area contributed by atoms with E-state index in [9.17, 15) is 0 Å². The zero-order valence-electron chi connectivity index (χ0n) is 7.70. The van der Waals surface area contributed by atoms with E-state index in [0.717, 1.165) is 18.9 Å². The van der Waals surface area contributed by atoms with Crippen molar-refractivity contribution in [3.05, 3.63) is 25.0 Å². The first-order chi connectivity index (χ1) is 5.75. The van der Waals surface area contributed by atoms with Gasteiger partial charge in [0.05, 0.1) is 0 Å². The fourth-order valence-corrected chi connectivity index (χ4v) is 1.11. The molecule has 1 heterocycles. The molecule has 3 nitrogen and oxygen atoms in total. The van der Waals surface area contributed by atoms with Crippen molar-refractivity contribution < 1.29 is 0 Å². The lowest BCUT2D eigenvalue weighted by molar-refractivity contribution is 0.801. The quantitative estimate of drug-likeness (QED) is 0.629. The van der Waals surface area contributed by atoms with Gasteiger partial charge >= 0.3 is 0 Å². The molecule has 0 unspecified atom stereocenters. The number of rotatable bonds is 4. The van der Waals surface area contributed by atoms with Crippen LogP contribution in [0.25, 0.3) is 0 Å². The Bertz CT molecular complexity index is 252. The Morgan fingerprint density at radius 2 is 2.50 bits per heavy atom. The third-order valence-corrected chi connectivity index (χ3v) is 1.81. The van der Waals surface area contributed by atoms with Crippen LogP contribution in [-0.2, 0) is 7.05 Å². The first-order valence-corrected chi connectivity index (χ1v) is 4.05. The van der Waals surface area contributed by atoms with Crippen molar-refractivity contribution in [1.82, 2.24) is 9.55 Å². The molecule has 0 aromatic carbocycles. The molecule has 0 aliphatic rings. The molecule has 0 spiro atoms. The first kappa shape index (κ1) is 8.84. The summed E-state index contributed by atoms with van der Waals surface area (Å²) in [5.74, 6) is 0.997. The molecule has 0 N–H and O–H groups in total. The van der Waals surface area contributed by atoms with E-state index in [2.05, 4.69) is 16.5 Å². The standard InChI is InChI=1S/C9H15N3/c1-4-5-7-11(2)9-10-6-8-12(9)3/h4,6,8H,1,5,7H2,2-3H3. The molecule has 1 aromatic rings. The highest BCUT2D eigenvalue weighted by Crippen LogP contribution is 2.07. The summed E-state index contributed by atoms with van der Waals surface area (Å²) in [6.45, 7) is 4.65. The zero-order chi connectivity index (χ0) is 8.97. The van der Waals surface area contributed by atoms with Gasteiger partial charge in [0.25, 0.3) is 0 Å². The highest BCUT2D eigenvalue weighted by atomic mass is 15.3. The molecule has 3 heteroatoms. The molecule has 0 radical (unpaired) electrons. The van der Waals surface area contributed by atoms with Gasteiger partial charge in [0, 0.05) is 33.0 Å². The van der Waals surface area contributed by atoms with Gasteiger partial charge in [0.15, 0.2) is 0 Å². The van der Waals surface area contributed by atoms with Crippen LogP contribution < -0.4 is 4.90 Å². The molecule has 1 aromatic heterocycles. The fraction of sp³-hybridized carbons (Fsp3) is 0.444. The summed E-state index contributed by atoms with van der Waals surface area (Å²) in [6.07, 6.45) is 6.66. The predicted molar refractivity (Wildman–Crippen MR) is 51.3 cm³/mol. The fourth-order valence-electron chi connectivity index (χ4n) is 1.11. The van der Waals surface area contributed by atoms with Crippen LogP contribution in [0.15, 0.2) is 25.0 Å². The van der Waals surface area contributed by atoms with E-state index in [1.165, 1.54) is 0 Å². The summed E-state index contributed by atoms with van der Waals surface area (Å²) in [6, 6.07) is 0. The Morgan fingerprint density at radius 3 is 3.00 bits per heavy atom. The molecule has 0 aliphatic heterocycles. The molecule has 0 atom stereocenters. The van der Waals surface area contributed by atoms with Gasteiger partial charge in [-0.3, -0.25) is 0 Å². The molecule has 1 rings (SSSR count). The molecule has 0 bridgehead atoms. The van der Waals surface area contributed by atoms with Crippen LogP contribution in [-0.4, -0.2) is 23.1 Å². The second-order valence-corrected chi connectivity index (χ2v) is 2.84. The third kappa shape index (κ3) is 1.87. The van der Waals surface area contributed by atoms with Crippen LogP contribution in [0.1, 0.15) is 6.42 Å². The van der Waals surface area contributed by atoms with Gasteiger partial charge in [-0.1, -0.05) is 6.08 Å². The van der Waals surface area contributed by atoms with Gasteiger partial charge in [-0.2, -0.15) is 0 Å². The second-order valence-electron chi connectivity index (χ2n) is 2.84. The lowest BCUT2D eigenvalue weighted by Gasteiger charge is -2.16. The lowest BCUT2D eigenvalue weighted by Crippen LogP contribution is -2.21. The molecule has 0 saturated carbocycles. The van der Waals surface area contributed by atoms with E-state index in [-0.39, 0.29) is 0 Å². The van der Waals surface area contributed by atoms with Crippen LogP contribution in [0.2, 0.25) is 0 Å². The summed E-state index contributed by atoms with van der Waals surface area (Å²) in [5.41, 5.74) is 0. The Hall–Kier alpha value is -1.25. The Balaban J connectivity index is 2.58. The maximum atomic E-state index is 4.22. The van der Waals surface area contributed by atoms with Crippen molar-refractivity contribution in [2.75, 3.05) is 18.5 Å². The van der Waals surface area contributed by atoms with Gasteiger partial charge < -0.3 is 9.47 Å². The SMILES string of the molecule is C=CCCN(C)c1nccn1C. The highest BCUT2D eigenvalue weighted by Gasteiger charge is 2.03. The number of nitrogens with zero attached hydrogens (tertiary/aromatic N) is 3. The number of aromatic nitrogens is 2. The molecule has 12 heavy (non-hydrogen) atoms. The van der Waals surface area contributed by atoms with Crippen LogP contribution in [0.3, 0.4) is 0 Å². The van der Waals surface area contributed by atoms with Crippen molar-refractivity contribution in [2.45, 2.75) is 6.42 Å². The largest absolute Gasteiger partial charge is 0.345 e. The normalized spacial score (nSPS) is 9.83. The topological polar surface area (TPSA) is 21.1 Å². The minimum Gasteiger partial charge on any atom is -0.345 e. The Labute approximate surface area is 73.3 Å². The number of aryl methyl sites for hydroxylation is 1. The molecule has 0 amide bonds. The summed E-state index contributed by atoms with van der Waals surface area (Å²) >= 11 is 0. The van der Waals surface area contributed by atoms with Crippen molar-refractivity contribution >= 4 is 5.95 Å². The van der Waals surface area contributed by atoms with E-state index in [1.54, 1.807) is 6.20 Å². The second kappa shape index (κ2) is 3.95. The molecule has 0 aliphatic carbocycles. The average Bonchev–Trinajstić information content (AvgIpc) is 2.47. The third-order valence-electron chi connectivity index (χ3n) is 1.81. The van der Waals surface area contributed by atoms with Gasteiger partial charge in [-0.15, -0.1) is 6.58 Å². The van der Waals surface area contributed by atoms with Gasteiger partial charge in [-0.25, -0.2) is 4.98 Å².